The molecule has 0 bridgehead atoms. The number of halogens is 1. The lowest BCUT2D eigenvalue weighted by Gasteiger charge is -2.04. The Hall–Kier alpha value is -1.26. The molecule has 0 atom stereocenters. The zero-order chi connectivity index (χ0) is 11.4. The Kier molecular flexibility index (Phi) is 3.64. The highest BCUT2D eigenvalue weighted by molar-refractivity contribution is 7.98. The highest BCUT2D eigenvalue weighted by Crippen LogP contribution is 2.27. The molecule has 2 heterocycles. The molecule has 3 nitrogen and oxygen atoms in total. The Morgan fingerprint density at radius 2 is 1.94 bits per heavy atom. The Morgan fingerprint density at radius 3 is 2.69 bits per heavy atom. The molecule has 0 saturated heterocycles. The van der Waals surface area contributed by atoms with Gasteiger partial charge >= 0.3 is 0 Å². The van der Waals surface area contributed by atoms with Crippen LogP contribution in [-0.2, 0) is 5.75 Å². The topological polar surface area (TPSA) is 51.8 Å². The van der Waals surface area contributed by atoms with Crippen LogP contribution in [0.5, 0.6) is 0 Å². The van der Waals surface area contributed by atoms with Gasteiger partial charge < -0.3 is 5.73 Å². The number of hydrogen-bond acceptors (Lipinski definition) is 4. The summed E-state index contributed by atoms with van der Waals surface area (Å²) in [6.45, 7) is 0. The molecule has 0 radical (unpaired) electrons. The highest BCUT2D eigenvalue weighted by Gasteiger charge is 2.04. The van der Waals surface area contributed by atoms with Gasteiger partial charge in [0.15, 0.2) is 0 Å². The summed E-state index contributed by atoms with van der Waals surface area (Å²) in [6, 6.07) is 7.46. The SMILES string of the molecule is Nc1cccnc1SCc1cccnc1Cl. The smallest absolute Gasteiger partial charge is 0.133 e. The van der Waals surface area contributed by atoms with Gasteiger partial charge in [0, 0.05) is 18.1 Å². The maximum absolute atomic E-state index is 5.95. The number of pyridine rings is 2. The van der Waals surface area contributed by atoms with Gasteiger partial charge in [-0.25, -0.2) is 9.97 Å². The van der Waals surface area contributed by atoms with E-state index in [-0.39, 0.29) is 0 Å². The second-order valence-electron chi connectivity index (χ2n) is 3.14. The van der Waals surface area contributed by atoms with Crippen LogP contribution in [0, 0.1) is 0 Å². The van der Waals surface area contributed by atoms with E-state index in [1.165, 1.54) is 0 Å². The first-order valence-corrected chi connectivity index (χ1v) is 6.06. The molecular weight excluding hydrogens is 242 g/mol. The number of aromatic nitrogens is 2. The highest BCUT2D eigenvalue weighted by atomic mass is 35.5. The van der Waals surface area contributed by atoms with Crippen LogP contribution in [0.2, 0.25) is 5.15 Å². The third-order valence-electron chi connectivity index (χ3n) is 2.00. The van der Waals surface area contributed by atoms with Gasteiger partial charge in [0.25, 0.3) is 0 Å². The van der Waals surface area contributed by atoms with E-state index in [2.05, 4.69) is 9.97 Å². The first-order valence-electron chi connectivity index (χ1n) is 4.70. The summed E-state index contributed by atoms with van der Waals surface area (Å²) in [6.07, 6.45) is 3.40. The van der Waals surface area contributed by atoms with Gasteiger partial charge in [-0.3, -0.25) is 0 Å². The number of hydrogen-bond donors (Lipinski definition) is 1. The average molecular weight is 252 g/mol. The van der Waals surface area contributed by atoms with Crippen LogP contribution in [0.25, 0.3) is 0 Å². The molecule has 0 unspecified atom stereocenters. The summed E-state index contributed by atoms with van der Waals surface area (Å²) in [5.41, 5.74) is 7.46. The van der Waals surface area contributed by atoms with E-state index >= 15 is 0 Å². The van der Waals surface area contributed by atoms with E-state index in [9.17, 15) is 0 Å². The first-order chi connectivity index (χ1) is 7.77. The molecule has 2 aromatic rings. The lowest BCUT2D eigenvalue weighted by molar-refractivity contribution is 1.14. The van der Waals surface area contributed by atoms with E-state index < -0.39 is 0 Å². The van der Waals surface area contributed by atoms with Crippen LogP contribution in [-0.4, -0.2) is 9.97 Å². The molecule has 0 fully saturated rings. The van der Waals surface area contributed by atoms with Crippen LogP contribution in [0.15, 0.2) is 41.7 Å². The summed E-state index contributed by atoms with van der Waals surface area (Å²) < 4.78 is 0. The van der Waals surface area contributed by atoms with Crippen molar-refractivity contribution in [2.45, 2.75) is 10.8 Å². The lowest BCUT2D eigenvalue weighted by atomic mass is 10.3. The van der Waals surface area contributed by atoms with Gasteiger partial charge in [0.1, 0.15) is 10.2 Å². The van der Waals surface area contributed by atoms with Crippen molar-refractivity contribution in [2.24, 2.45) is 0 Å². The monoisotopic (exact) mass is 251 g/mol. The molecule has 0 aliphatic heterocycles. The van der Waals surface area contributed by atoms with Crippen molar-refractivity contribution in [1.29, 1.82) is 0 Å². The van der Waals surface area contributed by atoms with E-state index in [4.69, 9.17) is 17.3 Å². The predicted molar refractivity (Wildman–Crippen MR) is 67.5 cm³/mol. The number of nitrogens with zero attached hydrogens (tertiary/aromatic N) is 2. The van der Waals surface area contributed by atoms with E-state index in [0.717, 1.165) is 10.6 Å². The van der Waals surface area contributed by atoms with Gasteiger partial charge in [0.05, 0.1) is 5.69 Å². The summed E-state index contributed by atoms with van der Waals surface area (Å²) in [7, 11) is 0. The standard InChI is InChI=1S/C11H10ClN3S/c12-10-8(3-1-5-14-10)7-16-11-9(13)4-2-6-15-11/h1-6H,7,13H2. The van der Waals surface area contributed by atoms with E-state index in [1.807, 2.05) is 24.3 Å². The molecular formula is C11H10ClN3S. The third kappa shape index (κ3) is 2.65. The normalized spacial score (nSPS) is 10.3. The van der Waals surface area contributed by atoms with Gasteiger partial charge in [-0.1, -0.05) is 29.4 Å². The second kappa shape index (κ2) is 5.18. The van der Waals surface area contributed by atoms with Crippen molar-refractivity contribution in [3.05, 3.63) is 47.4 Å². The van der Waals surface area contributed by atoms with Crippen molar-refractivity contribution >= 4 is 29.1 Å². The Bertz CT molecular complexity index is 445. The van der Waals surface area contributed by atoms with E-state index in [1.54, 1.807) is 24.2 Å². The molecule has 0 amide bonds. The van der Waals surface area contributed by atoms with Gasteiger partial charge in [-0.05, 0) is 23.8 Å². The minimum Gasteiger partial charge on any atom is -0.397 e. The number of nitrogen functional groups attached to an aromatic ring is 1. The molecule has 2 N–H and O–H groups in total. The Morgan fingerprint density at radius 1 is 1.19 bits per heavy atom. The quantitative estimate of drug-likeness (QED) is 0.673. The fourth-order valence-electron chi connectivity index (χ4n) is 1.20. The van der Waals surface area contributed by atoms with Crippen LogP contribution < -0.4 is 5.73 Å². The van der Waals surface area contributed by atoms with Crippen LogP contribution in [0.3, 0.4) is 0 Å². The Labute approximate surface area is 103 Å². The maximum Gasteiger partial charge on any atom is 0.133 e. The summed E-state index contributed by atoms with van der Waals surface area (Å²) in [4.78, 5) is 8.21. The first kappa shape index (κ1) is 11.2. The lowest BCUT2D eigenvalue weighted by Crippen LogP contribution is -1.92. The van der Waals surface area contributed by atoms with Crippen LogP contribution in [0.1, 0.15) is 5.56 Å². The van der Waals surface area contributed by atoms with Gasteiger partial charge in [-0.15, -0.1) is 0 Å². The number of thioether (sulfide) groups is 1. The van der Waals surface area contributed by atoms with Crippen molar-refractivity contribution in [3.63, 3.8) is 0 Å². The molecule has 2 aromatic heterocycles. The molecule has 0 aliphatic carbocycles. The predicted octanol–water partition coefficient (Wildman–Crippen LogP) is 3.00. The van der Waals surface area contributed by atoms with Crippen molar-refractivity contribution in [2.75, 3.05) is 5.73 Å². The largest absolute Gasteiger partial charge is 0.397 e. The number of nitrogens with two attached hydrogens (primary N) is 1. The van der Waals surface area contributed by atoms with E-state index in [0.29, 0.717) is 16.6 Å². The van der Waals surface area contributed by atoms with Gasteiger partial charge in [0.2, 0.25) is 0 Å². The van der Waals surface area contributed by atoms with Crippen LogP contribution >= 0.6 is 23.4 Å². The molecule has 5 heteroatoms. The van der Waals surface area contributed by atoms with Crippen molar-refractivity contribution in [1.82, 2.24) is 9.97 Å². The second-order valence-corrected chi connectivity index (χ2v) is 4.46. The molecule has 16 heavy (non-hydrogen) atoms. The average Bonchev–Trinajstić information content (AvgIpc) is 2.30. The van der Waals surface area contributed by atoms with Crippen molar-refractivity contribution < 1.29 is 0 Å². The summed E-state index contributed by atoms with van der Waals surface area (Å²) in [5, 5.41) is 1.35. The molecule has 0 aliphatic rings. The van der Waals surface area contributed by atoms with Crippen LogP contribution in [0.4, 0.5) is 5.69 Å². The zero-order valence-electron chi connectivity index (χ0n) is 8.43. The molecule has 82 valence electrons. The maximum atomic E-state index is 5.95. The Balaban J connectivity index is 2.09. The fraction of sp³-hybridized carbons (Fsp3) is 0.0909. The number of anilines is 1. The zero-order valence-corrected chi connectivity index (χ0v) is 10.0. The van der Waals surface area contributed by atoms with Gasteiger partial charge in [-0.2, -0.15) is 0 Å². The molecule has 0 aromatic carbocycles. The molecule has 0 spiro atoms. The van der Waals surface area contributed by atoms with Crippen molar-refractivity contribution in [3.8, 4) is 0 Å². The minimum absolute atomic E-state index is 0.532. The number of rotatable bonds is 3. The summed E-state index contributed by atoms with van der Waals surface area (Å²) >= 11 is 7.51. The fourth-order valence-corrected chi connectivity index (χ4v) is 2.36. The summed E-state index contributed by atoms with van der Waals surface area (Å²) in [5.74, 6) is 0.716. The minimum atomic E-state index is 0.532. The molecule has 0 saturated carbocycles. The third-order valence-corrected chi connectivity index (χ3v) is 3.41. The molecule has 2 rings (SSSR count).